The van der Waals surface area contributed by atoms with Gasteiger partial charge in [0.1, 0.15) is 22.8 Å². The number of rotatable bonds is 11. The van der Waals surface area contributed by atoms with Gasteiger partial charge in [-0.2, -0.15) is 15.0 Å². The third-order valence-corrected chi connectivity index (χ3v) is 5.92. The average Bonchev–Trinajstić information content (AvgIpc) is 3.20. The number of aromatic hydroxyl groups is 1. The van der Waals surface area contributed by atoms with Gasteiger partial charge in [-0.3, -0.25) is 4.79 Å². The predicted molar refractivity (Wildman–Crippen MR) is 131 cm³/mol. The summed E-state index contributed by atoms with van der Waals surface area (Å²) in [7, 11) is 0. The van der Waals surface area contributed by atoms with Crippen LogP contribution < -0.4 is 0 Å². The van der Waals surface area contributed by atoms with Crippen molar-refractivity contribution in [2.75, 3.05) is 6.61 Å². The number of aromatic nitrogens is 3. The van der Waals surface area contributed by atoms with E-state index in [2.05, 4.69) is 37.9 Å². The fourth-order valence-corrected chi connectivity index (χ4v) is 4.00. The fraction of sp³-hybridized carbons (Fsp3) is 0.519. The van der Waals surface area contributed by atoms with Gasteiger partial charge in [-0.1, -0.05) is 78.0 Å². The third-order valence-electron chi connectivity index (χ3n) is 5.92. The molecule has 0 aliphatic carbocycles. The van der Waals surface area contributed by atoms with Gasteiger partial charge in [-0.15, -0.1) is 0 Å². The number of phenols is 1. The quantitative estimate of drug-likeness (QED) is 0.273. The molecule has 0 saturated heterocycles. The normalized spacial score (nSPS) is 12.7. The second kappa shape index (κ2) is 11.3. The SMILES string of the molecule is CCCCCCCCOC(=O)CC(c1ccc(O)c(C(C)(C)C)c1)n1nc2ccccc2n1. The summed E-state index contributed by atoms with van der Waals surface area (Å²) < 4.78 is 5.56. The van der Waals surface area contributed by atoms with Crippen molar-refractivity contribution >= 4 is 17.0 Å². The molecule has 0 saturated carbocycles. The maximum absolute atomic E-state index is 12.8. The minimum atomic E-state index is -0.420. The first-order chi connectivity index (χ1) is 15.8. The predicted octanol–water partition coefficient (Wildman–Crippen LogP) is 6.32. The molecule has 3 aromatic rings. The van der Waals surface area contributed by atoms with Gasteiger partial charge in [0, 0.05) is 0 Å². The fourth-order valence-electron chi connectivity index (χ4n) is 4.00. The molecule has 1 unspecified atom stereocenters. The zero-order chi connectivity index (χ0) is 23.8. The lowest BCUT2D eigenvalue weighted by Crippen LogP contribution is -2.21. The molecule has 178 valence electrons. The van der Waals surface area contributed by atoms with Crippen molar-refractivity contribution in [1.29, 1.82) is 0 Å². The van der Waals surface area contributed by atoms with Crippen LogP contribution in [0.1, 0.15) is 89.8 Å². The van der Waals surface area contributed by atoms with Crippen molar-refractivity contribution in [2.45, 2.75) is 84.1 Å². The maximum Gasteiger partial charge on any atom is 0.308 e. The summed E-state index contributed by atoms with van der Waals surface area (Å²) in [5.74, 6) is -0.0190. The lowest BCUT2D eigenvalue weighted by molar-refractivity contribution is -0.144. The van der Waals surface area contributed by atoms with Gasteiger partial charge in [-0.25, -0.2) is 0 Å². The highest BCUT2D eigenvalue weighted by Gasteiger charge is 2.25. The Morgan fingerprint density at radius 2 is 1.64 bits per heavy atom. The number of phenolic OH excluding ortho intramolecular Hbond substituents is 1. The van der Waals surface area contributed by atoms with Crippen molar-refractivity contribution < 1.29 is 14.6 Å². The molecule has 0 bridgehead atoms. The number of hydrogen-bond acceptors (Lipinski definition) is 5. The van der Waals surface area contributed by atoms with E-state index in [1.165, 1.54) is 25.7 Å². The minimum Gasteiger partial charge on any atom is -0.508 e. The third kappa shape index (κ3) is 6.80. The second-order valence-corrected chi connectivity index (χ2v) is 9.74. The number of ether oxygens (including phenoxy) is 1. The Balaban J connectivity index is 1.78. The van der Waals surface area contributed by atoms with Crippen molar-refractivity contribution in [3.05, 3.63) is 53.6 Å². The monoisotopic (exact) mass is 451 g/mol. The molecule has 0 aliphatic rings. The first-order valence-electron chi connectivity index (χ1n) is 12.1. The van der Waals surface area contributed by atoms with E-state index in [1.54, 1.807) is 10.9 Å². The van der Waals surface area contributed by atoms with E-state index in [0.717, 1.165) is 35.0 Å². The number of esters is 1. The number of carbonyl (C=O) groups is 1. The molecule has 6 nitrogen and oxygen atoms in total. The van der Waals surface area contributed by atoms with Gasteiger partial charge in [0.15, 0.2) is 0 Å². The van der Waals surface area contributed by atoms with E-state index in [4.69, 9.17) is 4.74 Å². The van der Waals surface area contributed by atoms with Gasteiger partial charge >= 0.3 is 5.97 Å². The highest BCUT2D eigenvalue weighted by Crippen LogP contribution is 2.34. The van der Waals surface area contributed by atoms with Gasteiger partial charge in [0.25, 0.3) is 0 Å². The molecule has 3 rings (SSSR count). The molecule has 0 spiro atoms. The minimum absolute atomic E-state index is 0.130. The Kier molecular flexibility index (Phi) is 8.48. The van der Waals surface area contributed by atoms with Crippen LogP contribution in [0.25, 0.3) is 11.0 Å². The van der Waals surface area contributed by atoms with Crippen LogP contribution >= 0.6 is 0 Å². The molecule has 0 radical (unpaired) electrons. The highest BCUT2D eigenvalue weighted by atomic mass is 16.5. The van der Waals surface area contributed by atoms with Crippen LogP contribution in [0.5, 0.6) is 5.75 Å². The number of nitrogens with zero attached hydrogens (tertiary/aromatic N) is 3. The first kappa shape index (κ1) is 24.7. The molecule has 1 N–H and O–H groups in total. The van der Waals surface area contributed by atoms with Crippen molar-refractivity contribution in [3.63, 3.8) is 0 Å². The molecule has 1 aromatic heterocycles. The smallest absolute Gasteiger partial charge is 0.308 e. The lowest BCUT2D eigenvalue weighted by atomic mass is 9.84. The van der Waals surface area contributed by atoms with Crippen LogP contribution in [0.3, 0.4) is 0 Å². The summed E-state index contributed by atoms with van der Waals surface area (Å²) >= 11 is 0. The van der Waals surface area contributed by atoms with Gasteiger partial charge in [-0.05, 0) is 47.2 Å². The Morgan fingerprint density at radius 1 is 1.00 bits per heavy atom. The van der Waals surface area contributed by atoms with E-state index < -0.39 is 6.04 Å². The zero-order valence-electron chi connectivity index (χ0n) is 20.4. The number of unbranched alkanes of at least 4 members (excludes halogenated alkanes) is 5. The lowest BCUT2D eigenvalue weighted by Gasteiger charge is -2.23. The largest absolute Gasteiger partial charge is 0.508 e. The molecule has 6 heteroatoms. The Morgan fingerprint density at radius 3 is 2.27 bits per heavy atom. The molecule has 1 heterocycles. The topological polar surface area (TPSA) is 77.2 Å². The standard InChI is InChI=1S/C27H37N3O3/c1-5-6-7-8-9-12-17-33-26(32)19-24(30-28-22-13-10-11-14-23(22)29-30)20-15-16-25(31)21(18-20)27(2,3)4/h10-11,13-16,18,24,31H,5-9,12,17,19H2,1-4H3. The molecular weight excluding hydrogens is 414 g/mol. The van der Waals surface area contributed by atoms with E-state index in [9.17, 15) is 9.90 Å². The van der Waals surface area contributed by atoms with Crippen LogP contribution in [0, 0.1) is 0 Å². The van der Waals surface area contributed by atoms with Gasteiger partial charge in [0.2, 0.25) is 0 Å². The summed E-state index contributed by atoms with van der Waals surface area (Å²) in [6.45, 7) is 8.80. The van der Waals surface area contributed by atoms with Gasteiger partial charge < -0.3 is 9.84 Å². The zero-order valence-corrected chi connectivity index (χ0v) is 20.4. The number of fused-ring (bicyclic) bond motifs is 1. The second-order valence-electron chi connectivity index (χ2n) is 9.74. The molecule has 1 atom stereocenters. The summed E-state index contributed by atoms with van der Waals surface area (Å²) in [6, 6.07) is 12.7. The molecule has 0 fully saturated rings. The van der Waals surface area contributed by atoms with E-state index >= 15 is 0 Å². The van der Waals surface area contributed by atoms with Crippen LogP contribution in [-0.2, 0) is 14.9 Å². The summed E-state index contributed by atoms with van der Waals surface area (Å²) in [5.41, 5.74) is 3.00. The molecule has 2 aromatic carbocycles. The number of hydrogen-bond donors (Lipinski definition) is 1. The van der Waals surface area contributed by atoms with Crippen molar-refractivity contribution in [2.24, 2.45) is 0 Å². The number of benzene rings is 2. The Hall–Kier alpha value is -2.89. The molecule has 0 amide bonds. The molecular formula is C27H37N3O3. The highest BCUT2D eigenvalue weighted by molar-refractivity contribution is 5.73. The Labute approximate surface area is 197 Å². The molecule has 33 heavy (non-hydrogen) atoms. The van der Waals surface area contributed by atoms with Crippen LogP contribution in [-0.4, -0.2) is 32.7 Å². The summed E-state index contributed by atoms with van der Waals surface area (Å²) in [5, 5.41) is 19.7. The summed E-state index contributed by atoms with van der Waals surface area (Å²) in [6.07, 6.45) is 7.00. The van der Waals surface area contributed by atoms with Crippen LogP contribution in [0.15, 0.2) is 42.5 Å². The van der Waals surface area contributed by atoms with Crippen LogP contribution in [0.2, 0.25) is 0 Å². The average molecular weight is 452 g/mol. The van der Waals surface area contributed by atoms with E-state index in [1.807, 2.05) is 36.4 Å². The van der Waals surface area contributed by atoms with Gasteiger partial charge in [0.05, 0.1) is 13.0 Å². The summed E-state index contributed by atoms with van der Waals surface area (Å²) in [4.78, 5) is 14.4. The molecule has 0 aliphatic heterocycles. The Bertz CT molecular complexity index is 1020. The van der Waals surface area contributed by atoms with E-state index in [-0.39, 0.29) is 23.6 Å². The van der Waals surface area contributed by atoms with Crippen molar-refractivity contribution in [1.82, 2.24) is 15.0 Å². The van der Waals surface area contributed by atoms with Crippen LogP contribution in [0.4, 0.5) is 0 Å². The number of carbonyl (C=O) groups excluding carboxylic acids is 1. The maximum atomic E-state index is 12.8. The van der Waals surface area contributed by atoms with E-state index in [0.29, 0.717) is 6.61 Å². The first-order valence-corrected chi connectivity index (χ1v) is 12.1. The van der Waals surface area contributed by atoms with Crippen molar-refractivity contribution in [3.8, 4) is 5.75 Å².